The van der Waals surface area contributed by atoms with Gasteiger partial charge < -0.3 is 24.2 Å². The van der Waals surface area contributed by atoms with Crippen molar-refractivity contribution in [1.82, 2.24) is 10.1 Å². The Labute approximate surface area is 136 Å². The van der Waals surface area contributed by atoms with Gasteiger partial charge in [0.05, 0.1) is 25.4 Å². The molecule has 2 aliphatic heterocycles. The molecule has 1 spiro atoms. The molecule has 2 aliphatic rings. The van der Waals surface area contributed by atoms with Crippen molar-refractivity contribution in [2.24, 2.45) is 0 Å². The summed E-state index contributed by atoms with van der Waals surface area (Å²) in [6, 6.07) is -0.107. The zero-order valence-corrected chi connectivity index (χ0v) is 14.1. The SMILES string of the molecule is Cc1noc(C(C)C)c1NC(=O)N1CCC2(CC1)COCCO2. The average molecular weight is 323 g/mol. The van der Waals surface area contributed by atoms with Crippen molar-refractivity contribution >= 4 is 11.7 Å². The van der Waals surface area contributed by atoms with Crippen LogP contribution in [0, 0.1) is 6.92 Å². The van der Waals surface area contributed by atoms with E-state index in [1.54, 1.807) is 0 Å². The number of aromatic nitrogens is 1. The minimum Gasteiger partial charge on any atom is -0.376 e. The van der Waals surface area contributed by atoms with E-state index in [0.717, 1.165) is 12.8 Å². The highest BCUT2D eigenvalue weighted by Gasteiger charge is 2.39. The molecule has 0 aromatic carbocycles. The summed E-state index contributed by atoms with van der Waals surface area (Å²) in [6.45, 7) is 9.13. The number of ether oxygens (including phenoxy) is 2. The number of nitrogens with zero attached hydrogens (tertiary/aromatic N) is 2. The number of carbonyl (C=O) groups excluding carboxylic acids is 1. The van der Waals surface area contributed by atoms with E-state index in [-0.39, 0.29) is 17.6 Å². The fraction of sp³-hybridized carbons (Fsp3) is 0.750. The third-order valence-corrected chi connectivity index (χ3v) is 4.61. The Morgan fingerprint density at radius 2 is 2.04 bits per heavy atom. The number of urea groups is 1. The number of anilines is 1. The minimum atomic E-state index is -0.203. The summed E-state index contributed by atoms with van der Waals surface area (Å²) >= 11 is 0. The molecular formula is C16H25N3O4. The lowest BCUT2D eigenvalue weighted by molar-refractivity contribution is -0.173. The average Bonchev–Trinajstić information content (AvgIpc) is 2.90. The van der Waals surface area contributed by atoms with E-state index in [0.29, 0.717) is 50.1 Å². The van der Waals surface area contributed by atoms with Crippen molar-refractivity contribution in [3.63, 3.8) is 0 Å². The van der Waals surface area contributed by atoms with Crippen LogP contribution in [0.15, 0.2) is 4.52 Å². The Morgan fingerprint density at radius 3 is 2.65 bits per heavy atom. The van der Waals surface area contributed by atoms with Gasteiger partial charge in [0.2, 0.25) is 0 Å². The molecule has 1 aromatic rings. The van der Waals surface area contributed by atoms with Crippen LogP contribution in [-0.2, 0) is 9.47 Å². The maximum atomic E-state index is 12.5. The number of aryl methyl sites for hydroxylation is 1. The fourth-order valence-electron chi connectivity index (χ4n) is 3.14. The molecule has 1 N–H and O–H groups in total. The highest BCUT2D eigenvalue weighted by molar-refractivity contribution is 5.90. The van der Waals surface area contributed by atoms with Crippen LogP contribution in [-0.4, -0.2) is 54.6 Å². The predicted molar refractivity (Wildman–Crippen MR) is 84.7 cm³/mol. The first-order valence-electron chi connectivity index (χ1n) is 8.24. The van der Waals surface area contributed by atoms with Crippen LogP contribution in [0.2, 0.25) is 0 Å². The Balaban J connectivity index is 1.61. The Hall–Kier alpha value is -1.60. The molecule has 7 nitrogen and oxygen atoms in total. The highest BCUT2D eigenvalue weighted by Crippen LogP contribution is 2.31. The van der Waals surface area contributed by atoms with Crippen molar-refractivity contribution < 1.29 is 18.8 Å². The van der Waals surface area contributed by atoms with Gasteiger partial charge in [0.15, 0.2) is 5.76 Å². The van der Waals surface area contributed by atoms with E-state index in [1.807, 2.05) is 25.7 Å². The van der Waals surface area contributed by atoms with Crippen molar-refractivity contribution in [2.45, 2.75) is 45.1 Å². The molecule has 0 unspecified atom stereocenters. The molecule has 128 valence electrons. The second kappa shape index (κ2) is 6.49. The number of likely N-dealkylation sites (tertiary alicyclic amines) is 1. The monoisotopic (exact) mass is 323 g/mol. The second-order valence-electron chi connectivity index (χ2n) is 6.66. The molecule has 3 heterocycles. The van der Waals surface area contributed by atoms with Gasteiger partial charge in [-0.05, 0) is 19.8 Å². The lowest BCUT2D eigenvalue weighted by Crippen LogP contribution is -2.53. The smallest absolute Gasteiger partial charge is 0.321 e. The van der Waals surface area contributed by atoms with E-state index in [9.17, 15) is 4.79 Å². The van der Waals surface area contributed by atoms with Crippen LogP contribution in [0.1, 0.15) is 44.1 Å². The Kier molecular flexibility index (Phi) is 4.59. The number of nitrogens with one attached hydrogen (secondary N) is 1. The summed E-state index contributed by atoms with van der Waals surface area (Å²) in [6.07, 6.45) is 1.61. The molecule has 0 bridgehead atoms. The topological polar surface area (TPSA) is 76.8 Å². The van der Waals surface area contributed by atoms with Gasteiger partial charge in [-0.15, -0.1) is 0 Å². The summed E-state index contributed by atoms with van der Waals surface area (Å²) < 4.78 is 16.8. The summed E-state index contributed by atoms with van der Waals surface area (Å²) in [7, 11) is 0. The van der Waals surface area contributed by atoms with E-state index < -0.39 is 0 Å². The molecule has 1 aromatic heterocycles. The quantitative estimate of drug-likeness (QED) is 0.905. The van der Waals surface area contributed by atoms with Gasteiger partial charge in [0.1, 0.15) is 11.4 Å². The molecular weight excluding hydrogens is 298 g/mol. The lowest BCUT2D eigenvalue weighted by Gasteiger charge is -2.43. The largest absolute Gasteiger partial charge is 0.376 e. The second-order valence-corrected chi connectivity index (χ2v) is 6.66. The lowest BCUT2D eigenvalue weighted by atomic mass is 9.91. The molecule has 0 saturated carbocycles. The number of hydrogen-bond acceptors (Lipinski definition) is 5. The van der Waals surface area contributed by atoms with Crippen LogP contribution >= 0.6 is 0 Å². The van der Waals surface area contributed by atoms with E-state index in [4.69, 9.17) is 14.0 Å². The summed E-state index contributed by atoms with van der Waals surface area (Å²) in [4.78, 5) is 14.4. The van der Waals surface area contributed by atoms with Crippen molar-refractivity contribution in [3.05, 3.63) is 11.5 Å². The van der Waals surface area contributed by atoms with Gasteiger partial charge in [-0.25, -0.2) is 4.79 Å². The maximum absolute atomic E-state index is 12.5. The van der Waals surface area contributed by atoms with Gasteiger partial charge in [0.25, 0.3) is 0 Å². The first-order valence-corrected chi connectivity index (χ1v) is 8.24. The highest BCUT2D eigenvalue weighted by atomic mass is 16.6. The minimum absolute atomic E-state index is 0.107. The van der Waals surface area contributed by atoms with Crippen LogP contribution < -0.4 is 5.32 Å². The van der Waals surface area contributed by atoms with Crippen LogP contribution in [0.25, 0.3) is 0 Å². The molecule has 0 radical (unpaired) electrons. The van der Waals surface area contributed by atoms with Gasteiger partial charge in [0, 0.05) is 19.0 Å². The standard InChI is InChI=1S/C16H25N3O4/c1-11(2)14-13(12(3)18-23-14)17-15(20)19-6-4-16(5-7-19)10-21-8-9-22-16/h11H,4-10H2,1-3H3,(H,17,20). The van der Waals surface area contributed by atoms with Crippen molar-refractivity contribution in [3.8, 4) is 0 Å². The molecule has 2 fully saturated rings. The summed E-state index contributed by atoms with van der Waals surface area (Å²) in [5.74, 6) is 0.886. The molecule has 23 heavy (non-hydrogen) atoms. The van der Waals surface area contributed by atoms with Crippen LogP contribution in [0.4, 0.5) is 10.5 Å². The zero-order chi connectivity index (χ0) is 16.4. The number of piperidine rings is 1. The van der Waals surface area contributed by atoms with Crippen LogP contribution in [0.5, 0.6) is 0 Å². The van der Waals surface area contributed by atoms with Crippen molar-refractivity contribution in [2.75, 3.05) is 38.2 Å². The van der Waals surface area contributed by atoms with E-state index in [1.165, 1.54) is 0 Å². The normalized spacial score (nSPS) is 21.0. The van der Waals surface area contributed by atoms with Gasteiger partial charge in [-0.2, -0.15) is 0 Å². The maximum Gasteiger partial charge on any atom is 0.321 e. The van der Waals surface area contributed by atoms with E-state index in [2.05, 4.69) is 10.5 Å². The Morgan fingerprint density at radius 1 is 1.30 bits per heavy atom. The van der Waals surface area contributed by atoms with Gasteiger partial charge in [-0.1, -0.05) is 19.0 Å². The zero-order valence-electron chi connectivity index (χ0n) is 14.1. The predicted octanol–water partition coefficient (Wildman–Crippen LogP) is 2.52. The number of hydrogen-bond donors (Lipinski definition) is 1. The molecule has 0 atom stereocenters. The van der Waals surface area contributed by atoms with E-state index >= 15 is 0 Å². The molecule has 7 heteroatoms. The molecule has 3 rings (SSSR count). The third-order valence-electron chi connectivity index (χ3n) is 4.61. The van der Waals surface area contributed by atoms with Gasteiger partial charge >= 0.3 is 6.03 Å². The van der Waals surface area contributed by atoms with Crippen molar-refractivity contribution in [1.29, 1.82) is 0 Å². The molecule has 2 amide bonds. The third kappa shape index (κ3) is 3.35. The summed E-state index contributed by atoms with van der Waals surface area (Å²) in [5.41, 5.74) is 1.20. The Bertz CT molecular complexity index is 554. The first kappa shape index (κ1) is 16.3. The van der Waals surface area contributed by atoms with Crippen LogP contribution in [0.3, 0.4) is 0 Å². The molecule has 2 saturated heterocycles. The molecule has 0 aliphatic carbocycles. The summed E-state index contributed by atoms with van der Waals surface area (Å²) in [5, 5.41) is 6.92. The first-order chi connectivity index (χ1) is 11.0. The number of rotatable bonds is 2. The fourth-order valence-corrected chi connectivity index (χ4v) is 3.14. The number of amides is 2. The number of carbonyl (C=O) groups is 1. The van der Waals surface area contributed by atoms with Gasteiger partial charge in [-0.3, -0.25) is 0 Å².